The summed E-state index contributed by atoms with van der Waals surface area (Å²) in [5.74, 6) is -2.02. The fourth-order valence-electron chi connectivity index (χ4n) is 4.07. The molecule has 198 valence electrons. The number of ketones is 1. The smallest absolute Gasteiger partial charge is 0.413 e. The van der Waals surface area contributed by atoms with Gasteiger partial charge in [0.25, 0.3) is 5.56 Å². The number of H-pyrrole nitrogens is 1. The molecule has 0 aliphatic heterocycles. The molecule has 0 spiro atoms. The van der Waals surface area contributed by atoms with Crippen LogP contribution in [0, 0.1) is 11.7 Å². The number of hydrogen-bond acceptors (Lipinski definition) is 10. The second kappa shape index (κ2) is 10.5. The predicted octanol–water partition coefficient (Wildman–Crippen LogP) is 1.06. The summed E-state index contributed by atoms with van der Waals surface area (Å²) < 4.78 is 39.5. The molecule has 2 heterocycles. The van der Waals surface area contributed by atoms with Crippen LogP contribution in [0.25, 0.3) is 11.2 Å². The van der Waals surface area contributed by atoms with Crippen molar-refractivity contribution < 1.29 is 33.0 Å². The molecule has 0 amide bonds. The fraction of sp³-hybridized carbons (Fsp3) is 0.364. The Morgan fingerprint density at radius 3 is 2.81 bits per heavy atom. The summed E-state index contributed by atoms with van der Waals surface area (Å²) >= 11 is 0. The molecule has 0 saturated heterocycles. The zero-order valence-electron chi connectivity index (χ0n) is 19.7. The van der Waals surface area contributed by atoms with Gasteiger partial charge in [-0.1, -0.05) is 6.58 Å². The number of aliphatic hydroxyl groups is 2. The number of Topliss-reactive ketones (excluding diaryl/α,β-unsaturated/α-hetero) is 1. The molecule has 1 saturated carbocycles. The molecule has 6 N–H and O–H groups in total. The Morgan fingerprint density at radius 1 is 1.43 bits per heavy atom. The molecule has 0 unspecified atom stereocenters. The van der Waals surface area contributed by atoms with Gasteiger partial charge in [-0.3, -0.25) is 19.1 Å². The van der Waals surface area contributed by atoms with E-state index >= 15 is 0 Å². The quantitative estimate of drug-likeness (QED) is 0.184. The van der Waals surface area contributed by atoms with Gasteiger partial charge >= 0.3 is 7.75 Å². The summed E-state index contributed by atoms with van der Waals surface area (Å²) in [4.78, 5) is 34.6. The van der Waals surface area contributed by atoms with Crippen LogP contribution in [0.3, 0.4) is 0 Å². The fourth-order valence-corrected chi connectivity index (χ4v) is 5.62. The third-order valence-corrected chi connectivity index (χ3v) is 7.72. The van der Waals surface area contributed by atoms with Gasteiger partial charge in [0.2, 0.25) is 5.95 Å². The summed E-state index contributed by atoms with van der Waals surface area (Å²) in [7, 11) is -4.27. The van der Waals surface area contributed by atoms with Gasteiger partial charge in [0.15, 0.2) is 16.9 Å². The molecule has 1 aliphatic rings. The summed E-state index contributed by atoms with van der Waals surface area (Å²) in [6, 6.07) is 3.02. The number of aromatic nitrogens is 4. The van der Waals surface area contributed by atoms with E-state index in [9.17, 15) is 23.7 Å². The average Bonchev–Trinajstić information content (AvgIpc) is 3.38. The van der Waals surface area contributed by atoms with Gasteiger partial charge in [0, 0.05) is 5.92 Å². The molecular formula is C22H26FN6O7P. The van der Waals surface area contributed by atoms with Crippen LogP contribution in [0.5, 0.6) is 5.75 Å². The molecule has 5 atom stereocenters. The zero-order chi connectivity index (χ0) is 26.9. The maximum Gasteiger partial charge on any atom is 0.459 e. The largest absolute Gasteiger partial charge is 0.459 e. The lowest BCUT2D eigenvalue weighted by Gasteiger charge is -2.25. The number of imidazole rings is 1. The molecule has 0 bridgehead atoms. The van der Waals surface area contributed by atoms with Crippen molar-refractivity contribution in [2.45, 2.75) is 31.5 Å². The summed E-state index contributed by atoms with van der Waals surface area (Å²) in [6.45, 7) is 4.30. The van der Waals surface area contributed by atoms with Crippen LogP contribution in [0.15, 0.2) is 47.5 Å². The average molecular weight is 536 g/mol. The van der Waals surface area contributed by atoms with Crippen LogP contribution in [-0.4, -0.2) is 60.9 Å². The molecule has 0 radical (unpaired) electrons. The first-order chi connectivity index (χ1) is 17.5. The molecule has 37 heavy (non-hydrogen) atoms. The lowest BCUT2D eigenvalue weighted by atomic mass is 10.0. The van der Waals surface area contributed by atoms with Crippen molar-refractivity contribution in [1.82, 2.24) is 24.6 Å². The maximum atomic E-state index is 13.6. The van der Waals surface area contributed by atoms with Crippen molar-refractivity contribution in [3.05, 3.63) is 58.9 Å². The van der Waals surface area contributed by atoms with Gasteiger partial charge in [-0.2, -0.15) is 4.98 Å². The van der Waals surface area contributed by atoms with Crippen molar-refractivity contribution >= 4 is 30.6 Å². The van der Waals surface area contributed by atoms with Gasteiger partial charge in [-0.15, -0.1) is 0 Å². The monoisotopic (exact) mass is 536 g/mol. The third-order valence-electron chi connectivity index (χ3n) is 6.07. The van der Waals surface area contributed by atoms with Crippen molar-refractivity contribution in [2.24, 2.45) is 5.92 Å². The van der Waals surface area contributed by atoms with Gasteiger partial charge in [-0.25, -0.2) is 19.0 Å². The number of hydrogen-bond donors (Lipinski definition) is 5. The highest BCUT2D eigenvalue weighted by Crippen LogP contribution is 2.48. The Morgan fingerprint density at radius 2 is 2.14 bits per heavy atom. The molecule has 1 fully saturated rings. The number of aromatic amines is 1. The van der Waals surface area contributed by atoms with Crippen molar-refractivity contribution in [3.8, 4) is 5.75 Å². The van der Waals surface area contributed by atoms with Crippen LogP contribution in [0.2, 0.25) is 0 Å². The third kappa shape index (κ3) is 5.63. The predicted molar refractivity (Wildman–Crippen MR) is 130 cm³/mol. The number of nitrogen functional groups attached to an aromatic ring is 1. The minimum Gasteiger partial charge on any atom is -0.413 e. The van der Waals surface area contributed by atoms with Crippen LogP contribution >= 0.6 is 7.75 Å². The van der Waals surface area contributed by atoms with Crippen LogP contribution in [-0.2, 0) is 13.9 Å². The number of halogens is 1. The van der Waals surface area contributed by atoms with E-state index in [0.29, 0.717) is 5.57 Å². The van der Waals surface area contributed by atoms with E-state index in [2.05, 4.69) is 26.6 Å². The van der Waals surface area contributed by atoms with E-state index in [4.69, 9.17) is 19.9 Å². The molecule has 15 heteroatoms. The van der Waals surface area contributed by atoms with E-state index < -0.39 is 55.6 Å². The van der Waals surface area contributed by atoms with Crippen LogP contribution in [0.1, 0.15) is 19.4 Å². The number of benzene rings is 1. The lowest BCUT2D eigenvalue weighted by Crippen LogP contribution is -2.36. The Balaban J connectivity index is 1.55. The molecule has 2 aromatic heterocycles. The van der Waals surface area contributed by atoms with Crippen molar-refractivity contribution in [2.75, 3.05) is 18.9 Å². The van der Waals surface area contributed by atoms with E-state index in [1.54, 1.807) is 4.57 Å². The van der Waals surface area contributed by atoms with Gasteiger partial charge in [0.05, 0.1) is 31.1 Å². The Hall–Kier alpha value is -3.42. The molecular weight excluding hydrogens is 510 g/mol. The summed E-state index contributed by atoms with van der Waals surface area (Å²) in [5.41, 5.74) is 5.92. The topological polar surface area (TPSA) is 195 Å². The van der Waals surface area contributed by atoms with Gasteiger partial charge in [-0.05, 0) is 43.2 Å². The SMILES string of the molecule is C=C1[C@H](CO[P@@](=O)(N[C@@H](C)C(=O)CO)Oc2ccc(F)cc2)[C@@H](O)C[C@@H]1n1cnc2c(=O)[nH]c(N)nc21. The lowest BCUT2D eigenvalue weighted by molar-refractivity contribution is -0.123. The second-order valence-electron chi connectivity index (χ2n) is 8.59. The number of aliphatic hydroxyl groups excluding tert-OH is 2. The highest BCUT2D eigenvalue weighted by molar-refractivity contribution is 7.52. The van der Waals surface area contributed by atoms with E-state index in [1.807, 2.05) is 0 Å². The van der Waals surface area contributed by atoms with Gasteiger partial charge in [0.1, 0.15) is 18.2 Å². The Kier molecular flexibility index (Phi) is 7.57. The Labute approximate surface area is 209 Å². The normalized spacial score (nSPS) is 22.2. The summed E-state index contributed by atoms with van der Waals surface area (Å²) in [6.07, 6.45) is 0.581. The Bertz CT molecular complexity index is 1430. The highest BCUT2D eigenvalue weighted by atomic mass is 31.2. The first kappa shape index (κ1) is 26.6. The number of fused-ring (bicyclic) bond motifs is 1. The van der Waals surface area contributed by atoms with E-state index in [1.165, 1.54) is 25.4 Å². The molecule has 13 nitrogen and oxygen atoms in total. The zero-order valence-corrected chi connectivity index (χ0v) is 20.6. The number of nitrogens with two attached hydrogens (primary N) is 1. The van der Waals surface area contributed by atoms with E-state index in [0.717, 1.165) is 12.1 Å². The maximum absolute atomic E-state index is 13.6. The number of carbonyl (C=O) groups excluding carboxylic acids is 1. The molecule has 1 aromatic carbocycles. The van der Waals surface area contributed by atoms with Crippen molar-refractivity contribution in [1.29, 1.82) is 0 Å². The molecule has 3 aromatic rings. The summed E-state index contributed by atoms with van der Waals surface area (Å²) in [5, 5.41) is 22.4. The number of rotatable bonds is 10. The number of anilines is 1. The first-order valence-electron chi connectivity index (χ1n) is 11.2. The molecule has 1 aliphatic carbocycles. The van der Waals surface area contributed by atoms with Crippen LogP contribution in [0.4, 0.5) is 10.3 Å². The molecule has 4 rings (SSSR count). The minimum atomic E-state index is -4.27. The number of carbonyl (C=O) groups is 1. The highest BCUT2D eigenvalue weighted by Gasteiger charge is 2.41. The van der Waals surface area contributed by atoms with Crippen molar-refractivity contribution in [3.63, 3.8) is 0 Å². The van der Waals surface area contributed by atoms with Gasteiger partial charge < -0.3 is 25.0 Å². The number of nitrogens with one attached hydrogen (secondary N) is 2. The first-order valence-corrected chi connectivity index (χ1v) is 12.8. The second-order valence-corrected chi connectivity index (χ2v) is 10.3. The number of nitrogens with zero attached hydrogens (tertiary/aromatic N) is 3. The van der Waals surface area contributed by atoms with Crippen LogP contribution < -0.4 is 20.9 Å². The van der Waals surface area contributed by atoms with E-state index in [-0.39, 0.29) is 35.9 Å². The minimum absolute atomic E-state index is 0.00308. The standard InChI is InChI=1S/C22H26FN6O7P/c1-11-15(17(31)7-16(11)29-10-25-19-20(29)26-22(24)27-21(19)33)9-35-37(34,28-12(2)18(32)8-30)36-14-5-3-13(23)4-6-14/h3-6,10,12,15-17,30-31H,1,7-9H2,2H3,(H,28,34)(H3,24,26,27,33)/t12-,15-,16-,17-,37-/m0/s1.